The topological polar surface area (TPSA) is 20.3 Å². The Labute approximate surface area is 90.9 Å². The molecule has 0 radical (unpaired) electrons. The van der Waals surface area contributed by atoms with Crippen molar-refractivity contribution in [2.75, 3.05) is 11.4 Å². The molecule has 0 fully saturated rings. The van der Waals surface area contributed by atoms with Crippen molar-refractivity contribution in [3.63, 3.8) is 0 Å². The molecule has 0 amide bonds. The lowest BCUT2D eigenvalue weighted by Crippen LogP contribution is -2.36. The van der Waals surface area contributed by atoms with Crippen molar-refractivity contribution in [2.45, 2.75) is 32.2 Å². The number of hydrogen-bond acceptors (Lipinski definition) is 2. The van der Waals surface area contributed by atoms with E-state index in [2.05, 4.69) is 30.9 Å². The molecule has 0 aliphatic carbocycles. The van der Waals surface area contributed by atoms with E-state index < -0.39 is 0 Å². The van der Waals surface area contributed by atoms with Gasteiger partial charge in [0.1, 0.15) is 6.29 Å². The molecule has 0 saturated carbocycles. The Bertz CT molecular complexity index is 359. The first kappa shape index (κ1) is 10.2. The van der Waals surface area contributed by atoms with Crippen LogP contribution in [0.4, 0.5) is 5.69 Å². The quantitative estimate of drug-likeness (QED) is 0.688. The minimum atomic E-state index is 0.0937. The van der Waals surface area contributed by atoms with E-state index in [1.165, 1.54) is 11.3 Å². The van der Waals surface area contributed by atoms with Crippen molar-refractivity contribution in [2.24, 2.45) is 0 Å². The lowest BCUT2D eigenvalue weighted by atomic mass is 9.90. The summed E-state index contributed by atoms with van der Waals surface area (Å²) in [6, 6.07) is 8.74. The molecule has 1 aromatic carbocycles. The van der Waals surface area contributed by atoms with Gasteiger partial charge in [0.2, 0.25) is 0 Å². The fourth-order valence-corrected chi connectivity index (χ4v) is 2.29. The molecule has 1 aliphatic heterocycles. The van der Waals surface area contributed by atoms with Crippen molar-refractivity contribution in [3.05, 3.63) is 29.8 Å². The molecule has 1 atom stereocenters. The van der Waals surface area contributed by atoms with Gasteiger partial charge in [-0.1, -0.05) is 18.2 Å². The number of carbonyl (C=O) groups is 1. The molecule has 2 rings (SSSR count). The predicted molar refractivity (Wildman–Crippen MR) is 62.3 cm³/mol. The van der Waals surface area contributed by atoms with Gasteiger partial charge in [-0.05, 0) is 31.9 Å². The van der Waals surface area contributed by atoms with E-state index in [0.717, 1.165) is 19.3 Å². The predicted octanol–water partition coefficient (Wildman–Crippen LogP) is 2.59. The highest BCUT2D eigenvalue weighted by Gasteiger charge is 2.25. The lowest BCUT2D eigenvalue weighted by Gasteiger charge is -2.36. The summed E-state index contributed by atoms with van der Waals surface area (Å²) < 4.78 is 0. The summed E-state index contributed by atoms with van der Waals surface area (Å²) in [6.45, 7) is 5.37. The zero-order valence-corrected chi connectivity index (χ0v) is 9.31. The molecule has 0 spiro atoms. The third kappa shape index (κ3) is 1.76. The molecule has 0 bridgehead atoms. The second kappa shape index (κ2) is 4.05. The van der Waals surface area contributed by atoms with Gasteiger partial charge < -0.3 is 9.69 Å². The van der Waals surface area contributed by atoms with Crippen molar-refractivity contribution in [1.82, 2.24) is 0 Å². The van der Waals surface area contributed by atoms with E-state index in [1.807, 2.05) is 12.1 Å². The second-order valence-corrected chi connectivity index (χ2v) is 4.38. The summed E-state index contributed by atoms with van der Waals surface area (Å²) in [5, 5.41) is 0. The van der Waals surface area contributed by atoms with E-state index in [0.29, 0.717) is 6.04 Å². The lowest BCUT2D eigenvalue weighted by molar-refractivity contribution is -0.109. The highest BCUT2D eigenvalue weighted by atomic mass is 16.1. The first-order valence-corrected chi connectivity index (χ1v) is 5.55. The largest absolute Gasteiger partial charge is 0.369 e. The molecule has 15 heavy (non-hydrogen) atoms. The summed E-state index contributed by atoms with van der Waals surface area (Å²) in [5.74, 6) is 0.0937. The first-order chi connectivity index (χ1) is 7.24. The molecule has 1 aromatic rings. The van der Waals surface area contributed by atoms with Gasteiger partial charge in [-0.3, -0.25) is 0 Å². The molecule has 1 aliphatic rings. The smallest absolute Gasteiger partial charge is 0.127 e. The van der Waals surface area contributed by atoms with Gasteiger partial charge in [-0.2, -0.15) is 0 Å². The van der Waals surface area contributed by atoms with Crippen LogP contribution >= 0.6 is 0 Å². The third-order valence-corrected chi connectivity index (χ3v) is 3.11. The molecule has 2 nitrogen and oxygen atoms in total. The Morgan fingerprint density at radius 1 is 1.40 bits per heavy atom. The van der Waals surface area contributed by atoms with Crippen LogP contribution in [-0.2, 0) is 4.79 Å². The average molecular weight is 203 g/mol. The maximum atomic E-state index is 11.0. The van der Waals surface area contributed by atoms with Crippen LogP contribution in [0.5, 0.6) is 0 Å². The molecule has 80 valence electrons. The molecule has 0 aromatic heterocycles. The van der Waals surface area contributed by atoms with Gasteiger partial charge in [-0.25, -0.2) is 0 Å². The number of carbonyl (C=O) groups excluding carboxylic acids is 1. The molecule has 0 unspecified atom stereocenters. The third-order valence-electron chi connectivity index (χ3n) is 3.11. The van der Waals surface area contributed by atoms with Crippen LogP contribution in [0, 0.1) is 0 Å². The zero-order valence-electron chi connectivity index (χ0n) is 9.31. The fraction of sp³-hybridized carbons (Fsp3) is 0.462. The Balaban J connectivity index is 2.43. The highest BCUT2D eigenvalue weighted by Crippen LogP contribution is 2.34. The van der Waals surface area contributed by atoms with Crippen LogP contribution in [0.25, 0.3) is 0 Å². The number of hydrogen-bond donors (Lipinski definition) is 0. The standard InChI is InChI=1S/C13H17NO/c1-10(2)14-8-7-11(9-15)12-5-3-4-6-13(12)14/h3-6,9-11H,7-8H2,1-2H3/t11-/m1/s1. The number of anilines is 1. The highest BCUT2D eigenvalue weighted by molar-refractivity contribution is 5.71. The number of para-hydroxylation sites is 1. The monoisotopic (exact) mass is 203 g/mol. The molecule has 1 heterocycles. The van der Waals surface area contributed by atoms with E-state index in [4.69, 9.17) is 0 Å². The average Bonchev–Trinajstić information content (AvgIpc) is 2.27. The van der Waals surface area contributed by atoms with Crippen LogP contribution in [0.3, 0.4) is 0 Å². The summed E-state index contributed by atoms with van der Waals surface area (Å²) in [7, 11) is 0. The maximum absolute atomic E-state index is 11.0. The van der Waals surface area contributed by atoms with Crippen molar-refractivity contribution >= 4 is 12.0 Å². The number of aldehydes is 1. The van der Waals surface area contributed by atoms with Crippen LogP contribution in [0.1, 0.15) is 31.7 Å². The number of rotatable bonds is 2. The first-order valence-electron chi connectivity index (χ1n) is 5.55. The minimum Gasteiger partial charge on any atom is -0.369 e. The number of benzene rings is 1. The van der Waals surface area contributed by atoms with Crippen molar-refractivity contribution < 1.29 is 4.79 Å². The molecule has 2 heteroatoms. The summed E-state index contributed by atoms with van der Waals surface area (Å²) >= 11 is 0. The summed E-state index contributed by atoms with van der Waals surface area (Å²) in [5.41, 5.74) is 2.42. The molecule has 0 N–H and O–H groups in total. The van der Waals surface area contributed by atoms with Crippen LogP contribution < -0.4 is 4.90 Å². The molecule has 0 saturated heterocycles. The van der Waals surface area contributed by atoms with Crippen molar-refractivity contribution in [3.8, 4) is 0 Å². The van der Waals surface area contributed by atoms with Gasteiger partial charge in [0.25, 0.3) is 0 Å². The van der Waals surface area contributed by atoms with E-state index in [-0.39, 0.29) is 5.92 Å². The normalized spacial score (nSPS) is 20.2. The van der Waals surface area contributed by atoms with Crippen LogP contribution in [0.2, 0.25) is 0 Å². The Kier molecular flexibility index (Phi) is 2.76. The maximum Gasteiger partial charge on any atom is 0.127 e. The zero-order chi connectivity index (χ0) is 10.8. The SMILES string of the molecule is CC(C)N1CC[C@H](C=O)c2ccccc21. The number of nitrogens with zero attached hydrogens (tertiary/aromatic N) is 1. The summed E-state index contributed by atoms with van der Waals surface area (Å²) in [6.07, 6.45) is 2.02. The second-order valence-electron chi connectivity index (χ2n) is 4.38. The minimum absolute atomic E-state index is 0.0937. The van der Waals surface area contributed by atoms with Gasteiger partial charge in [0.15, 0.2) is 0 Å². The Morgan fingerprint density at radius 3 is 2.80 bits per heavy atom. The van der Waals surface area contributed by atoms with Gasteiger partial charge in [0.05, 0.1) is 0 Å². The van der Waals surface area contributed by atoms with Crippen molar-refractivity contribution in [1.29, 1.82) is 0 Å². The molecular formula is C13H17NO. The Morgan fingerprint density at radius 2 is 2.13 bits per heavy atom. The Hall–Kier alpha value is -1.31. The van der Waals surface area contributed by atoms with Gasteiger partial charge >= 0.3 is 0 Å². The van der Waals surface area contributed by atoms with E-state index in [9.17, 15) is 4.79 Å². The van der Waals surface area contributed by atoms with Gasteiger partial charge in [-0.15, -0.1) is 0 Å². The van der Waals surface area contributed by atoms with E-state index >= 15 is 0 Å². The number of fused-ring (bicyclic) bond motifs is 1. The fourth-order valence-electron chi connectivity index (χ4n) is 2.29. The van der Waals surface area contributed by atoms with E-state index in [1.54, 1.807) is 0 Å². The van der Waals surface area contributed by atoms with Crippen LogP contribution in [-0.4, -0.2) is 18.9 Å². The summed E-state index contributed by atoms with van der Waals surface area (Å²) in [4.78, 5) is 13.4. The van der Waals surface area contributed by atoms with Gasteiger partial charge in [0, 0.05) is 24.2 Å². The van der Waals surface area contributed by atoms with Crippen LogP contribution in [0.15, 0.2) is 24.3 Å². The molecular weight excluding hydrogens is 186 g/mol.